The van der Waals surface area contributed by atoms with Gasteiger partial charge in [0, 0.05) is 38.1 Å². The van der Waals surface area contributed by atoms with Crippen LogP contribution in [0.2, 0.25) is 0 Å². The Morgan fingerprint density at radius 3 is 1.77 bits per heavy atom. The second kappa shape index (κ2) is 4.73. The van der Waals surface area contributed by atoms with Crippen LogP contribution in [0.5, 0.6) is 0 Å². The van der Waals surface area contributed by atoms with Gasteiger partial charge in [0.15, 0.2) is 0 Å². The van der Waals surface area contributed by atoms with Crippen molar-refractivity contribution in [2.24, 2.45) is 0 Å². The third kappa shape index (κ3) is 1.64. The van der Waals surface area contributed by atoms with Gasteiger partial charge >= 0.3 is 0 Å². The van der Waals surface area contributed by atoms with Crippen molar-refractivity contribution in [3.8, 4) is 0 Å². The summed E-state index contributed by atoms with van der Waals surface area (Å²) in [5.74, 6) is 0. The molecule has 3 heteroatoms. The lowest BCUT2D eigenvalue weighted by Crippen LogP contribution is -2.06. The van der Waals surface area contributed by atoms with Gasteiger partial charge in [-0.1, -0.05) is 48.5 Å². The number of H-pyrrole nitrogens is 2. The highest BCUT2D eigenvalue weighted by Crippen LogP contribution is 2.36. The molecule has 122 valence electrons. The van der Waals surface area contributed by atoms with E-state index < -0.39 is 0 Å². The predicted molar refractivity (Wildman–Crippen MR) is 109 cm³/mol. The molecule has 0 fully saturated rings. The summed E-state index contributed by atoms with van der Waals surface area (Å²) in [6, 6.07) is 24.6. The Bertz CT molecular complexity index is 1550. The first-order valence-corrected chi connectivity index (χ1v) is 8.68. The van der Waals surface area contributed by atoms with Gasteiger partial charge in [-0.25, -0.2) is 0 Å². The van der Waals surface area contributed by atoms with Crippen molar-refractivity contribution in [1.82, 2.24) is 9.97 Å². The van der Waals surface area contributed by atoms with Gasteiger partial charge in [-0.15, -0.1) is 0 Å². The van der Waals surface area contributed by atoms with E-state index in [0.717, 1.165) is 38.1 Å². The van der Waals surface area contributed by atoms with Gasteiger partial charge in [-0.3, -0.25) is 4.79 Å². The molecule has 6 aromatic rings. The Morgan fingerprint density at radius 1 is 0.462 bits per heavy atom. The Kier molecular flexibility index (Phi) is 2.49. The number of aromatic nitrogens is 2. The average molecular weight is 334 g/mol. The van der Waals surface area contributed by atoms with Crippen LogP contribution < -0.4 is 5.56 Å². The van der Waals surface area contributed by atoms with Crippen molar-refractivity contribution in [1.29, 1.82) is 0 Å². The number of aromatic amines is 2. The summed E-state index contributed by atoms with van der Waals surface area (Å²) in [6.45, 7) is 0. The SMILES string of the molecule is O=c1[nH]c2ccc3c(ccc4[nH]c5ccccc5c43)c2c2ccccc12. The molecule has 0 bridgehead atoms. The fourth-order valence-electron chi connectivity index (χ4n) is 4.24. The fourth-order valence-corrected chi connectivity index (χ4v) is 4.24. The molecule has 0 atom stereocenters. The van der Waals surface area contributed by atoms with Crippen molar-refractivity contribution in [2.75, 3.05) is 0 Å². The number of hydrogen-bond donors (Lipinski definition) is 2. The molecule has 0 unspecified atom stereocenters. The van der Waals surface area contributed by atoms with E-state index in [-0.39, 0.29) is 5.56 Å². The zero-order valence-corrected chi connectivity index (χ0v) is 13.8. The van der Waals surface area contributed by atoms with Crippen LogP contribution in [0.25, 0.3) is 54.3 Å². The lowest BCUT2D eigenvalue weighted by atomic mass is 9.97. The Morgan fingerprint density at radius 2 is 1.00 bits per heavy atom. The lowest BCUT2D eigenvalue weighted by Gasteiger charge is -2.09. The highest BCUT2D eigenvalue weighted by Gasteiger charge is 2.12. The number of fused-ring (bicyclic) bond motifs is 9. The number of para-hydroxylation sites is 1. The van der Waals surface area contributed by atoms with E-state index in [0.29, 0.717) is 0 Å². The zero-order chi connectivity index (χ0) is 17.3. The van der Waals surface area contributed by atoms with E-state index in [1.165, 1.54) is 16.2 Å². The fraction of sp³-hybridized carbons (Fsp3) is 0. The van der Waals surface area contributed by atoms with Gasteiger partial charge in [0.25, 0.3) is 5.56 Å². The minimum Gasteiger partial charge on any atom is -0.354 e. The van der Waals surface area contributed by atoms with Gasteiger partial charge < -0.3 is 9.97 Å². The molecular formula is C23H14N2O. The molecule has 0 aliphatic rings. The molecule has 2 heterocycles. The summed E-state index contributed by atoms with van der Waals surface area (Å²) in [7, 11) is 0. The Hall–Kier alpha value is -3.59. The highest BCUT2D eigenvalue weighted by molar-refractivity contribution is 6.27. The molecule has 0 aliphatic carbocycles. The van der Waals surface area contributed by atoms with E-state index in [9.17, 15) is 4.79 Å². The molecule has 2 aromatic heterocycles. The summed E-state index contributed by atoms with van der Waals surface area (Å²) >= 11 is 0. The molecular weight excluding hydrogens is 320 g/mol. The van der Waals surface area contributed by atoms with Crippen molar-refractivity contribution in [3.05, 3.63) is 83.2 Å². The summed E-state index contributed by atoms with van der Waals surface area (Å²) in [4.78, 5) is 19.0. The largest absolute Gasteiger partial charge is 0.354 e. The standard InChI is InChI=1S/C23H14N2O/c26-23-16-6-2-1-5-13(16)21-14-9-11-19-22(15(14)10-12-20(21)25-23)17-7-3-4-8-18(17)24-19/h1-12,24H,(H,25,26). The Balaban J connectivity index is 1.95. The number of rotatable bonds is 0. The molecule has 3 nitrogen and oxygen atoms in total. The van der Waals surface area contributed by atoms with Crippen LogP contribution in [0.4, 0.5) is 0 Å². The smallest absolute Gasteiger partial charge is 0.256 e. The molecule has 4 aromatic carbocycles. The maximum Gasteiger partial charge on any atom is 0.256 e. The summed E-state index contributed by atoms with van der Waals surface area (Å²) in [5, 5.41) is 7.64. The molecule has 0 spiro atoms. The van der Waals surface area contributed by atoms with E-state index in [4.69, 9.17) is 0 Å². The van der Waals surface area contributed by atoms with E-state index >= 15 is 0 Å². The number of nitrogens with one attached hydrogen (secondary N) is 2. The molecule has 0 saturated carbocycles. The zero-order valence-electron chi connectivity index (χ0n) is 13.8. The van der Waals surface area contributed by atoms with Crippen LogP contribution in [-0.2, 0) is 0 Å². The highest BCUT2D eigenvalue weighted by atomic mass is 16.1. The normalized spacial score (nSPS) is 12.0. The first-order valence-electron chi connectivity index (χ1n) is 8.68. The third-order valence-corrected chi connectivity index (χ3v) is 5.36. The number of hydrogen-bond acceptors (Lipinski definition) is 1. The van der Waals surface area contributed by atoms with Crippen LogP contribution >= 0.6 is 0 Å². The molecule has 26 heavy (non-hydrogen) atoms. The molecule has 0 amide bonds. The van der Waals surface area contributed by atoms with Crippen molar-refractivity contribution in [3.63, 3.8) is 0 Å². The first kappa shape index (κ1) is 13.7. The average Bonchev–Trinajstić information content (AvgIpc) is 3.06. The van der Waals surface area contributed by atoms with E-state index in [1.807, 2.05) is 36.4 Å². The van der Waals surface area contributed by atoms with Crippen molar-refractivity contribution < 1.29 is 0 Å². The van der Waals surface area contributed by atoms with Crippen LogP contribution in [0.3, 0.4) is 0 Å². The van der Waals surface area contributed by atoms with E-state index in [2.05, 4.69) is 46.4 Å². The van der Waals surface area contributed by atoms with Gasteiger partial charge in [0.1, 0.15) is 0 Å². The van der Waals surface area contributed by atoms with Crippen molar-refractivity contribution in [2.45, 2.75) is 0 Å². The Labute approximate surface area is 147 Å². The third-order valence-electron chi connectivity index (χ3n) is 5.36. The van der Waals surface area contributed by atoms with Crippen LogP contribution in [0, 0.1) is 0 Å². The molecule has 6 rings (SSSR count). The van der Waals surface area contributed by atoms with Gasteiger partial charge in [-0.05, 0) is 40.4 Å². The topological polar surface area (TPSA) is 48.6 Å². The van der Waals surface area contributed by atoms with Gasteiger partial charge in [-0.2, -0.15) is 0 Å². The maximum atomic E-state index is 12.4. The van der Waals surface area contributed by atoms with Gasteiger partial charge in [0.05, 0.1) is 0 Å². The molecule has 0 aliphatic heterocycles. The number of benzene rings is 4. The second-order valence-corrected chi connectivity index (χ2v) is 6.74. The lowest BCUT2D eigenvalue weighted by molar-refractivity contribution is 1.35. The monoisotopic (exact) mass is 334 g/mol. The van der Waals surface area contributed by atoms with Crippen LogP contribution in [-0.4, -0.2) is 9.97 Å². The second-order valence-electron chi connectivity index (χ2n) is 6.74. The predicted octanol–water partition coefficient (Wildman–Crippen LogP) is 5.47. The maximum absolute atomic E-state index is 12.4. The minimum absolute atomic E-state index is 0.0411. The van der Waals surface area contributed by atoms with Crippen LogP contribution in [0.15, 0.2) is 77.6 Å². The first-order chi connectivity index (χ1) is 12.8. The summed E-state index contributed by atoms with van der Waals surface area (Å²) in [6.07, 6.45) is 0. The summed E-state index contributed by atoms with van der Waals surface area (Å²) < 4.78 is 0. The number of pyridine rings is 1. The minimum atomic E-state index is -0.0411. The summed E-state index contributed by atoms with van der Waals surface area (Å²) in [5.41, 5.74) is 3.11. The van der Waals surface area contributed by atoms with E-state index in [1.54, 1.807) is 0 Å². The van der Waals surface area contributed by atoms with Crippen molar-refractivity contribution >= 4 is 54.3 Å². The van der Waals surface area contributed by atoms with Crippen LogP contribution in [0.1, 0.15) is 0 Å². The molecule has 0 radical (unpaired) electrons. The van der Waals surface area contributed by atoms with Gasteiger partial charge in [0.2, 0.25) is 0 Å². The molecule has 0 saturated heterocycles. The quantitative estimate of drug-likeness (QED) is 0.356. The molecule has 2 N–H and O–H groups in total.